The molecule has 1 aliphatic carbocycles. The fourth-order valence-corrected chi connectivity index (χ4v) is 2.83. The molecule has 2 aromatic heterocycles. The van der Waals surface area contributed by atoms with Gasteiger partial charge >= 0.3 is 0 Å². The summed E-state index contributed by atoms with van der Waals surface area (Å²) in [6.07, 6.45) is 11.7. The van der Waals surface area contributed by atoms with Crippen LogP contribution in [0, 0.1) is 5.92 Å². The number of imidazole rings is 1. The number of hydrogen-bond donors (Lipinski definition) is 0. The predicted octanol–water partition coefficient (Wildman–Crippen LogP) is 3.96. The smallest absolute Gasteiger partial charge is 0.181 e. The minimum Gasteiger partial charge on any atom is -0.494 e. The highest BCUT2D eigenvalue weighted by atomic mass is 16.5. The minimum atomic E-state index is 0.674. The average molecular weight is 323 g/mol. The van der Waals surface area contributed by atoms with E-state index in [-0.39, 0.29) is 0 Å². The summed E-state index contributed by atoms with van der Waals surface area (Å²) in [6.45, 7) is 1.58. The van der Waals surface area contributed by atoms with E-state index < -0.39 is 0 Å². The van der Waals surface area contributed by atoms with E-state index >= 15 is 0 Å². The third kappa shape index (κ3) is 3.67. The van der Waals surface area contributed by atoms with Crippen molar-refractivity contribution >= 4 is 0 Å². The van der Waals surface area contributed by atoms with E-state index in [0.29, 0.717) is 6.61 Å². The lowest BCUT2D eigenvalue weighted by atomic mass is 10.1. The van der Waals surface area contributed by atoms with E-state index in [1.165, 1.54) is 12.8 Å². The summed E-state index contributed by atoms with van der Waals surface area (Å²) in [7, 11) is 0. The fourth-order valence-electron chi connectivity index (χ4n) is 2.83. The largest absolute Gasteiger partial charge is 0.494 e. The summed E-state index contributed by atoms with van der Waals surface area (Å²) in [6, 6.07) is 8.07. The van der Waals surface area contributed by atoms with Gasteiger partial charge in [0.1, 0.15) is 5.75 Å². The summed E-state index contributed by atoms with van der Waals surface area (Å²) in [4.78, 5) is 8.43. The topological polar surface area (TPSA) is 53.1 Å². The van der Waals surface area contributed by atoms with Gasteiger partial charge in [-0.15, -0.1) is 0 Å². The van der Waals surface area contributed by atoms with Gasteiger partial charge in [0.25, 0.3) is 0 Å². The molecule has 1 aliphatic rings. The van der Waals surface area contributed by atoms with Crippen LogP contribution in [0.2, 0.25) is 0 Å². The second kappa shape index (κ2) is 6.91. The zero-order valence-corrected chi connectivity index (χ0v) is 13.6. The summed E-state index contributed by atoms with van der Waals surface area (Å²) in [5.74, 6) is 2.54. The first-order valence-electron chi connectivity index (χ1n) is 8.50. The van der Waals surface area contributed by atoms with Crippen LogP contribution in [0.1, 0.15) is 25.0 Å². The van der Waals surface area contributed by atoms with Gasteiger partial charge < -0.3 is 13.7 Å². The second-order valence-electron chi connectivity index (χ2n) is 6.31. The Bertz CT molecular complexity index is 776. The molecular formula is C19H21N3O2. The van der Waals surface area contributed by atoms with Crippen LogP contribution in [-0.4, -0.2) is 21.1 Å². The Kier molecular flexibility index (Phi) is 4.32. The molecule has 5 nitrogen and oxygen atoms in total. The number of nitrogens with zero attached hydrogens (tertiary/aromatic N) is 3. The second-order valence-corrected chi connectivity index (χ2v) is 6.31. The standard InChI is InChI=1S/C19H21N3O2/c1-3-16(19-18(21-14-24-19)11-15-5-6-15)12-17(4-1)23-10-2-8-22-9-7-20-13-22/h1,3-4,7,9,12-15H,2,5-6,8,10-11H2. The number of aromatic nitrogens is 3. The van der Waals surface area contributed by atoms with Crippen LogP contribution in [0.5, 0.6) is 5.75 Å². The molecule has 0 radical (unpaired) electrons. The first-order chi connectivity index (χ1) is 11.9. The Morgan fingerprint density at radius 1 is 1.29 bits per heavy atom. The molecule has 0 bridgehead atoms. The van der Waals surface area contributed by atoms with Crippen LogP contribution in [0.25, 0.3) is 11.3 Å². The molecule has 0 N–H and O–H groups in total. The van der Waals surface area contributed by atoms with E-state index in [1.54, 1.807) is 12.6 Å². The molecular weight excluding hydrogens is 302 g/mol. The van der Waals surface area contributed by atoms with Crippen molar-refractivity contribution in [3.8, 4) is 17.1 Å². The molecule has 0 atom stereocenters. The highest BCUT2D eigenvalue weighted by Crippen LogP contribution is 2.35. The van der Waals surface area contributed by atoms with Crippen LogP contribution >= 0.6 is 0 Å². The maximum Gasteiger partial charge on any atom is 0.181 e. The van der Waals surface area contributed by atoms with Gasteiger partial charge in [0.15, 0.2) is 12.2 Å². The molecule has 3 aromatic rings. The molecule has 0 aliphatic heterocycles. The maximum absolute atomic E-state index is 5.88. The van der Waals surface area contributed by atoms with Crippen LogP contribution in [0.3, 0.4) is 0 Å². The van der Waals surface area contributed by atoms with Crippen molar-refractivity contribution in [3.63, 3.8) is 0 Å². The normalized spacial score (nSPS) is 14.0. The summed E-state index contributed by atoms with van der Waals surface area (Å²) < 4.78 is 13.6. The highest BCUT2D eigenvalue weighted by molar-refractivity contribution is 5.61. The number of ether oxygens (including phenoxy) is 1. The van der Waals surface area contributed by atoms with Gasteiger partial charge in [-0.2, -0.15) is 0 Å². The Labute approximate surface area is 141 Å². The van der Waals surface area contributed by atoms with Crippen molar-refractivity contribution in [2.75, 3.05) is 6.61 Å². The molecule has 1 fully saturated rings. The minimum absolute atomic E-state index is 0.674. The molecule has 24 heavy (non-hydrogen) atoms. The van der Waals surface area contributed by atoms with E-state index in [4.69, 9.17) is 9.15 Å². The van der Waals surface area contributed by atoms with Gasteiger partial charge in [-0.1, -0.05) is 12.1 Å². The first kappa shape index (κ1) is 15.0. The van der Waals surface area contributed by atoms with Crippen molar-refractivity contribution in [1.82, 2.24) is 14.5 Å². The number of oxazole rings is 1. The summed E-state index contributed by atoms with van der Waals surface area (Å²) in [5, 5.41) is 0. The summed E-state index contributed by atoms with van der Waals surface area (Å²) >= 11 is 0. The molecule has 0 saturated heterocycles. The molecule has 1 aromatic carbocycles. The van der Waals surface area contributed by atoms with E-state index in [2.05, 4.69) is 20.6 Å². The highest BCUT2D eigenvalue weighted by Gasteiger charge is 2.25. The molecule has 5 heteroatoms. The van der Waals surface area contributed by atoms with Gasteiger partial charge in [0.05, 0.1) is 18.6 Å². The number of rotatable bonds is 8. The molecule has 124 valence electrons. The Balaban J connectivity index is 1.37. The Morgan fingerprint density at radius 2 is 2.25 bits per heavy atom. The summed E-state index contributed by atoms with van der Waals surface area (Å²) in [5.41, 5.74) is 2.10. The molecule has 2 heterocycles. The number of hydrogen-bond acceptors (Lipinski definition) is 4. The van der Waals surface area contributed by atoms with Gasteiger partial charge in [0, 0.05) is 24.5 Å². The molecule has 0 unspecified atom stereocenters. The van der Waals surface area contributed by atoms with Crippen LogP contribution in [0.4, 0.5) is 0 Å². The first-order valence-corrected chi connectivity index (χ1v) is 8.50. The molecule has 1 saturated carbocycles. The van der Waals surface area contributed by atoms with Crippen molar-refractivity contribution < 1.29 is 9.15 Å². The van der Waals surface area contributed by atoms with E-state index in [0.717, 1.165) is 48.1 Å². The predicted molar refractivity (Wildman–Crippen MR) is 90.7 cm³/mol. The number of benzene rings is 1. The Hall–Kier alpha value is -2.56. The quantitative estimate of drug-likeness (QED) is 0.589. The van der Waals surface area contributed by atoms with Crippen LogP contribution < -0.4 is 4.74 Å². The van der Waals surface area contributed by atoms with Crippen molar-refractivity contribution in [2.24, 2.45) is 5.92 Å². The molecule has 0 amide bonds. The lowest BCUT2D eigenvalue weighted by Gasteiger charge is -2.08. The van der Waals surface area contributed by atoms with E-state index in [9.17, 15) is 0 Å². The maximum atomic E-state index is 5.88. The van der Waals surface area contributed by atoms with Gasteiger partial charge in [-0.25, -0.2) is 9.97 Å². The number of aryl methyl sites for hydroxylation is 1. The zero-order valence-electron chi connectivity index (χ0n) is 13.6. The fraction of sp³-hybridized carbons (Fsp3) is 0.368. The average Bonchev–Trinajstić information content (AvgIpc) is 3.08. The monoisotopic (exact) mass is 323 g/mol. The zero-order chi connectivity index (χ0) is 16.2. The molecule has 0 spiro atoms. The third-order valence-electron chi connectivity index (χ3n) is 4.30. The van der Waals surface area contributed by atoms with Crippen LogP contribution in [-0.2, 0) is 13.0 Å². The third-order valence-corrected chi connectivity index (χ3v) is 4.30. The van der Waals surface area contributed by atoms with E-state index in [1.807, 2.05) is 30.7 Å². The van der Waals surface area contributed by atoms with Crippen molar-refractivity contribution in [1.29, 1.82) is 0 Å². The van der Waals surface area contributed by atoms with Gasteiger partial charge in [-0.05, 0) is 43.7 Å². The Morgan fingerprint density at radius 3 is 3.08 bits per heavy atom. The van der Waals surface area contributed by atoms with Crippen LogP contribution in [0.15, 0.2) is 53.8 Å². The van der Waals surface area contributed by atoms with Gasteiger partial charge in [-0.3, -0.25) is 0 Å². The molecule has 4 rings (SSSR count). The lowest BCUT2D eigenvalue weighted by Crippen LogP contribution is -2.03. The SMILES string of the molecule is c1cc(OCCCn2ccnc2)cc(-c2ocnc2CC2CC2)c1. The van der Waals surface area contributed by atoms with Gasteiger partial charge in [0.2, 0.25) is 0 Å². The lowest BCUT2D eigenvalue weighted by molar-refractivity contribution is 0.302. The van der Waals surface area contributed by atoms with Crippen molar-refractivity contribution in [2.45, 2.75) is 32.2 Å². The van der Waals surface area contributed by atoms with Crippen molar-refractivity contribution in [3.05, 3.63) is 55.1 Å².